The van der Waals surface area contributed by atoms with Crippen molar-refractivity contribution in [1.29, 1.82) is 0 Å². The van der Waals surface area contributed by atoms with Gasteiger partial charge in [0, 0.05) is 22.9 Å². The maximum atomic E-state index is 13.7. The van der Waals surface area contributed by atoms with Crippen molar-refractivity contribution in [1.82, 2.24) is 0 Å². The van der Waals surface area contributed by atoms with E-state index in [4.69, 9.17) is 9.47 Å². The highest BCUT2D eigenvalue weighted by molar-refractivity contribution is 6.51. The summed E-state index contributed by atoms with van der Waals surface area (Å²) < 4.78 is 11.4. The van der Waals surface area contributed by atoms with Gasteiger partial charge in [0.05, 0.1) is 25.3 Å². The van der Waals surface area contributed by atoms with Gasteiger partial charge in [0.15, 0.2) is 0 Å². The zero-order chi connectivity index (χ0) is 30.1. The lowest BCUT2D eigenvalue weighted by Gasteiger charge is -2.27. The van der Waals surface area contributed by atoms with Gasteiger partial charge < -0.3 is 14.6 Å². The van der Waals surface area contributed by atoms with Gasteiger partial charge in [-0.1, -0.05) is 78.8 Å². The number of ether oxygens (including phenoxy) is 2. The summed E-state index contributed by atoms with van der Waals surface area (Å²) in [5, 5.41) is 11.7. The van der Waals surface area contributed by atoms with Crippen LogP contribution in [0.3, 0.4) is 0 Å². The van der Waals surface area contributed by atoms with E-state index in [-0.39, 0.29) is 22.2 Å². The number of rotatable bonds is 7. The summed E-state index contributed by atoms with van der Waals surface area (Å²) in [6.07, 6.45) is 0.841. The van der Waals surface area contributed by atoms with E-state index >= 15 is 0 Å². The number of aliphatic hydroxyl groups excluding tert-OH is 1. The predicted octanol–water partition coefficient (Wildman–Crippen LogP) is 7.71. The van der Waals surface area contributed by atoms with Gasteiger partial charge in [0.1, 0.15) is 17.3 Å². The second-order valence-corrected chi connectivity index (χ2v) is 12.6. The fraction of sp³-hybridized carbons (Fsp3) is 0.371. The van der Waals surface area contributed by atoms with Crippen LogP contribution in [0.5, 0.6) is 11.5 Å². The van der Waals surface area contributed by atoms with Crippen molar-refractivity contribution in [2.24, 2.45) is 0 Å². The Hall–Kier alpha value is -4.06. The molecule has 0 radical (unpaired) electrons. The molecular formula is C35H41NO5. The smallest absolute Gasteiger partial charge is 0.300 e. The average Bonchev–Trinajstić information content (AvgIpc) is 3.20. The summed E-state index contributed by atoms with van der Waals surface area (Å²) in [5.41, 5.74) is 3.39. The lowest BCUT2D eigenvalue weighted by molar-refractivity contribution is -0.132. The molecule has 0 bridgehead atoms. The van der Waals surface area contributed by atoms with Crippen molar-refractivity contribution in [3.05, 3.63) is 94.6 Å². The van der Waals surface area contributed by atoms with E-state index in [0.717, 1.165) is 23.1 Å². The molecule has 0 aliphatic carbocycles. The summed E-state index contributed by atoms with van der Waals surface area (Å²) in [7, 11) is 1.61. The number of hydrogen-bond donors (Lipinski definition) is 1. The van der Waals surface area contributed by atoms with Crippen LogP contribution in [0.25, 0.3) is 5.76 Å². The lowest BCUT2D eigenvalue weighted by Crippen LogP contribution is -2.29. The number of methoxy groups -OCH3 is 1. The fourth-order valence-electron chi connectivity index (χ4n) is 5.12. The number of nitrogens with zero attached hydrogens (tertiary/aromatic N) is 1. The maximum absolute atomic E-state index is 13.7. The van der Waals surface area contributed by atoms with Crippen molar-refractivity contribution >= 4 is 23.1 Å². The van der Waals surface area contributed by atoms with Gasteiger partial charge in [0.2, 0.25) is 0 Å². The molecule has 1 N–H and O–H groups in total. The highest BCUT2D eigenvalue weighted by atomic mass is 16.5. The van der Waals surface area contributed by atoms with E-state index in [2.05, 4.69) is 41.5 Å². The molecule has 3 aromatic carbocycles. The molecule has 0 saturated carbocycles. The van der Waals surface area contributed by atoms with Gasteiger partial charge in [-0.2, -0.15) is 0 Å². The lowest BCUT2D eigenvalue weighted by atomic mass is 9.84. The summed E-state index contributed by atoms with van der Waals surface area (Å²) in [5.74, 6) is -0.359. The second-order valence-electron chi connectivity index (χ2n) is 12.6. The molecule has 6 heteroatoms. The Balaban J connectivity index is 1.93. The van der Waals surface area contributed by atoms with Gasteiger partial charge in [-0.05, 0) is 58.7 Å². The number of carbonyl (C=O) groups is 2. The van der Waals surface area contributed by atoms with Crippen LogP contribution in [0.2, 0.25) is 0 Å². The SMILES string of the molecule is CCCOc1cccc(N2C(=O)C(=O)/C(=C(\O)c3ccc(OC)c(C(C)(C)C)c3)C2c2ccc(C(C)(C)C)cc2)c1. The fourth-order valence-corrected chi connectivity index (χ4v) is 5.12. The van der Waals surface area contributed by atoms with Crippen molar-refractivity contribution in [3.63, 3.8) is 0 Å². The van der Waals surface area contributed by atoms with Gasteiger partial charge in [-0.15, -0.1) is 0 Å². The normalized spacial score (nSPS) is 17.2. The van der Waals surface area contributed by atoms with E-state index in [1.54, 1.807) is 37.4 Å². The van der Waals surface area contributed by atoms with E-state index < -0.39 is 17.7 Å². The van der Waals surface area contributed by atoms with Crippen LogP contribution in [-0.2, 0) is 20.4 Å². The molecule has 1 unspecified atom stereocenters. The predicted molar refractivity (Wildman–Crippen MR) is 164 cm³/mol. The molecule has 1 aliphatic rings. The Labute approximate surface area is 243 Å². The van der Waals surface area contributed by atoms with Crippen LogP contribution in [0.4, 0.5) is 5.69 Å². The highest BCUT2D eigenvalue weighted by Gasteiger charge is 2.47. The van der Waals surface area contributed by atoms with E-state index in [1.165, 1.54) is 4.90 Å². The molecule has 41 heavy (non-hydrogen) atoms. The van der Waals surface area contributed by atoms with Crippen LogP contribution in [0.15, 0.2) is 72.3 Å². The molecule has 1 fully saturated rings. The molecule has 1 aliphatic heterocycles. The molecule has 0 aromatic heterocycles. The third kappa shape index (κ3) is 6.02. The first-order valence-electron chi connectivity index (χ1n) is 14.1. The number of ketones is 1. The van der Waals surface area contributed by atoms with Crippen LogP contribution < -0.4 is 14.4 Å². The van der Waals surface area contributed by atoms with Crippen LogP contribution in [-0.4, -0.2) is 30.5 Å². The molecule has 3 aromatic rings. The molecule has 1 atom stereocenters. The molecule has 0 spiro atoms. The van der Waals surface area contributed by atoms with E-state index in [1.807, 2.05) is 43.3 Å². The molecule has 1 heterocycles. The number of benzene rings is 3. The second kappa shape index (κ2) is 11.4. The minimum absolute atomic E-state index is 0.0448. The van der Waals surface area contributed by atoms with Crippen LogP contribution >= 0.6 is 0 Å². The zero-order valence-corrected chi connectivity index (χ0v) is 25.4. The summed E-state index contributed by atoms with van der Waals surface area (Å²) in [4.78, 5) is 28.9. The quantitative estimate of drug-likeness (QED) is 0.184. The van der Waals surface area contributed by atoms with Crippen molar-refractivity contribution in [2.45, 2.75) is 71.8 Å². The van der Waals surface area contributed by atoms with Crippen LogP contribution in [0, 0.1) is 0 Å². The van der Waals surface area contributed by atoms with Crippen molar-refractivity contribution in [2.75, 3.05) is 18.6 Å². The largest absolute Gasteiger partial charge is 0.507 e. The Morgan fingerprint density at radius 1 is 0.902 bits per heavy atom. The first-order valence-corrected chi connectivity index (χ1v) is 14.1. The van der Waals surface area contributed by atoms with Gasteiger partial charge in [-0.25, -0.2) is 0 Å². The number of hydrogen-bond acceptors (Lipinski definition) is 5. The minimum atomic E-state index is -0.828. The summed E-state index contributed by atoms with van der Waals surface area (Å²) in [6.45, 7) is 15.1. The molecule has 4 rings (SSSR count). The van der Waals surface area contributed by atoms with Gasteiger partial charge in [-0.3, -0.25) is 14.5 Å². The first kappa shape index (κ1) is 29.9. The molecule has 1 saturated heterocycles. The first-order chi connectivity index (χ1) is 19.3. The molecule has 6 nitrogen and oxygen atoms in total. The van der Waals surface area contributed by atoms with Crippen molar-refractivity contribution < 1.29 is 24.2 Å². The third-order valence-corrected chi connectivity index (χ3v) is 7.39. The number of carbonyl (C=O) groups excluding carboxylic acids is 2. The summed E-state index contributed by atoms with van der Waals surface area (Å²) in [6, 6.07) is 19.6. The van der Waals surface area contributed by atoms with E-state index in [0.29, 0.717) is 29.4 Å². The standard InChI is InChI=1S/C35H41NO5/c1-9-19-41-26-12-10-11-25(21-26)36-30(22-13-16-24(17-14-22)34(2,3)4)29(32(38)33(36)39)31(37)23-15-18-28(40-8)27(20-23)35(5,6)7/h10-18,20-21,30,37H,9,19H2,1-8H3/b31-29-. The highest BCUT2D eigenvalue weighted by Crippen LogP contribution is 2.44. The minimum Gasteiger partial charge on any atom is -0.507 e. The monoisotopic (exact) mass is 555 g/mol. The third-order valence-electron chi connectivity index (χ3n) is 7.39. The zero-order valence-electron chi connectivity index (χ0n) is 25.4. The Bertz CT molecular complexity index is 1470. The Morgan fingerprint density at radius 3 is 2.17 bits per heavy atom. The van der Waals surface area contributed by atoms with E-state index in [9.17, 15) is 14.7 Å². The number of anilines is 1. The Morgan fingerprint density at radius 2 is 1.59 bits per heavy atom. The van der Waals surface area contributed by atoms with Crippen LogP contribution in [0.1, 0.15) is 83.2 Å². The van der Waals surface area contributed by atoms with Gasteiger partial charge >= 0.3 is 0 Å². The summed E-state index contributed by atoms with van der Waals surface area (Å²) >= 11 is 0. The van der Waals surface area contributed by atoms with Crippen molar-refractivity contribution in [3.8, 4) is 11.5 Å². The average molecular weight is 556 g/mol. The molecule has 216 valence electrons. The molecular weight excluding hydrogens is 514 g/mol. The maximum Gasteiger partial charge on any atom is 0.300 e. The number of amides is 1. The molecule has 1 amide bonds. The van der Waals surface area contributed by atoms with Gasteiger partial charge in [0.25, 0.3) is 11.7 Å². The number of Topliss-reactive ketones (excluding diaryl/α,β-unsaturated/α-hetero) is 1. The number of aliphatic hydroxyl groups is 1. The Kier molecular flexibility index (Phi) is 8.34. The topological polar surface area (TPSA) is 76.1 Å².